The highest BCUT2D eigenvalue weighted by Crippen LogP contribution is 2.31. The monoisotopic (exact) mass is 419 g/mol. The first-order valence-corrected chi connectivity index (χ1v) is 10.3. The third kappa shape index (κ3) is 3.41. The first-order valence-electron chi connectivity index (χ1n) is 9.55. The van der Waals surface area contributed by atoms with Gasteiger partial charge in [-0.2, -0.15) is 0 Å². The highest BCUT2D eigenvalue weighted by molar-refractivity contribution is 9.10. The maximum absolute atomic E-state index is 13.3. The first-order chi connectivity index (χ1) is 12.4. The van der Waals surface area contributed by atoms with Gasteiger partial charge in [0.05, 0.1) is 11.1 Å². The Morgan fingerprint density at radius 2 is 2.23 bits per heavy atom. The van der Waals surface area contributed by atoms with E-state index in [1.807, 2.05) is 15.2 Å². The second kappa shape index (κ2) is 6.97. The molecule has 0 amide bonds. The van der Waals surface area contributed by atoms with Crippen LogP contribution >= 0.6 is 15.9 Å². The van der Waals surface area contributed by atoms with E-state index in [2.05, 4.69) is 40.8 Å². The normalized spacial score (nSPS) is 23.2. The molecule has 1 unspecified atom stereocenters. The van der Waals surface area contributed by atoms with Gasteiger partial charge in [0.2, 0.25) is 0 Å². The predicted octanol–water partition coefficient (Wildman–Crippen LogP) is 4.58. The van der Waals surface area contributed by atoms with Crippen LogP contribution in [0.15, 0.2) is 27.6 Å². The molecule has 0 N–H and O–H groups in total. The second-order valence-electron chi connectivity index (χ2n) is 8.13. The smallest absolute Gasteiger partial charge is 0.334 e. The third-order valence-corrected chi connectivity index (χ3v) is 5.97. The SMILES string of the molecule is CC1(C)CC(Cn2c(=O)n(C3=CCCCC3)c3ncc(Br)cc32)CCO1. The zero-order valence-electron chi connectivity index (χ0n) is 15.5. The number of pyridine rings is 1. The van der Waals surface area contributed by atoms with E-state index in [0.29, 0.717) is 5.92 Å². The van der Waals surface area contributed by atoms with E-state index in [-0.39, 0.29) is 11.3 Å². The van der Waals surface area contributed by atoms with E-state index in [1.54, 1.807) is 6.20 Å². The average Bonchev–Trinajstić information content (AvgIpc) is 2.86. The lowest BCUT2D eigenvalue weighted by atomic mass is 9.88. The predicted molar refractivity (Wildman–Crippen MR) is 107 cm³/mol. The molecule has 0 bridgehead atoms. The third-order valence-electron chi connectivity index (χ3n) is 5.53. The molecule has 2 aromatic rings. The molecule has 1 atom stereocenters. The molecule has 1 aliphatic carbocycles. The lowest BCUT2D eigenvalue weighted by molar-refractivity contribution is -0.0747. The van der Waals surface area contributed by atoms with Gasteiger partial charge in [0.25, 0.3) is 0 Å². The highest BCUT2D eigenvalue weighted by Gasteiger charge is 2.30. The van der Waals surface area contributed by atoms with E-state index in [1.165, 1.54) is 6.42 Å². The molecular weight excluding hydrogens is 394 g/mol. The van der Waals surface area contributed by atoms with Gasteiger partial charge in [-0.25, -0.2) is 14.3 Å². The van der Waals surface area contributed by atoms with Crippen molar-refractivity contribution < 1.29 is 4.74 Å². The van der Waals surface area contributed by atoms with Crippen LogP contribution in [-0.2, 0) is 11.3 Å². The fourth-order valence-corrected chi connectivity index (χ4v) is 4.66. The summed E-state index contributed by atoms with van der Waals surface area (Å²) in [6.07, 6.45) is 10.3. The molecular formula is C20H26BrN3O2. The summed E-state index contributed by atoms with van der Waals surface area (Å²) in [6.45, 7) is 5.76. The van der Waals surface area contributed by atoms with Crippen LogP contribution in [0.5, 0.6) is 0 Å². The summed E-state index contributed by atoms with van der Waals surface area (Å²) in [5.74, 6) is 0.440. The molecule has 3 heterocycles. The molecule has 6 heteroatoms. The minimum Gasteiger partial charge on any atom is -0.376 e. The average molecular weight is 420 g/mol. The number of rotatable bonds is 3. The molecule has 4 rings (SSSR count). The number of imidazole rings is 1. The van der Waals surface area contributed by atoms with Crippen molar-refractivity contribution in [2.75, 3.05) is 6.61 Å². The van der Waals surface area contributed by atoms with Crippen LogP contribution in [0.25, 0.3) is 16.9 Å². The number of halogens is 1. The number of ether oxygens (including phenoxy) is 1. The van der Waals surface area contributed by atoms with Crippen LogP contribution in [0.3, 0.4) is 0 Å². The van der Waals surface area contributed by atoms with Gasteiger partial charge in [0.15, 0.2) is 5.65 Å². The Morgan fingerprint density at radius 1 is 1.38 bits per heavy atom. The summed E-state index contributed by atoms with van der Waals surface area (Å²) < 4.78 is 10.5. The van der Waals surface area contributed by atoms with Gasteiger partial charge in [0, 0.05) is 29.5 Å². The van der Waals surface area contributed by atoms with Gasteiger partial charge in [-0.3, -0.25) is 4.57 Å². The van der Waals surface area contributed by atoms with Gasteiger partial charge >= 0.3 is 5.69 Å². The van der Waals surface area contributed by atoms with Crippen LogP contribution in [0.4, 0.5) is 0 Å². The van der Waals surface area contributed by atoms with Crippen molar-refractivity contribution >= 4 is 32.8 Å². The van der Waals surface area contributed by atoms with Crippen molar-refractivity contribution in [1.82, 2.24) is 14.1 Å². The number of hydrogen-bond acceptors (Lipinski definition) is 3. The van der Waals surface area contributed by atoms with Crippen LogP contribution in [-0.4, -0.2) is 26.3 Å². The second-order valence-corrected chi connectivity index (χ2v) is 9.05. The molecule has 2 aromatic heterocycles. The summed E-state index contributed by atoms with van der Waals surface area (Å²) in [5.41, 5.74) is 2.73. The number of nitrogens with zero attached hydrogens (tertiary/aromatic N) is 3. The fourth-order valence-electron chi connectivity index (χ4n) is 4.34. The maximum Gasteiger partial charge on any atom is 0.334 e. The zero-order valence-corrected chi connectivity index (χ0v) is 17.1. The quantitative estimate of drug-likeness (QED) is 0.731. The lowest BCUT2D eigenvalue weighted by Crippen LogP contribution is -2.37. The van der Waals surface area contributed by atoms with Crippen molar-refractivity contribution in [3.8, 4) is 0 Å². The largest absolute Gasteiger partial charge is 0.376 e. The number of allylic oxidation sites excluding steroid dienone is 2. The Bertz CT molecular complexity index is 910. The molecule has 0 radical (unpaired) electrons. The molecule has 1 aliphatic heterocycles. The molecule has 0 saturated carbocycles. The molecule has 140 valence electrons. The molecule has 1 fully saturated rings. The van der Waals surface area contributed by atoms with E-state index >= 15 is 0 Å². The van der Waals surface area contributed by atoms with Crippen LogP contribution < -0.4 is 5.69 Å². The van der Waals surface area contributed by atoms with Crippen molar-refractivity contribution in [3.63, 3.8) is 0 Å². The Hall–Kier alpha value is -1.40. The van der Waals surface area contributed by atoms with Gasteiger partial charge in [-0.05, 0) is 80.3 Å². The summed E-state index contributed by atoms with van der Waals surface area (Å²) >= 11 is 3.52. The van der Waals surface area contributed by atoms with E-state index in [0.717, 1.165) is 66.6 Å². The molecule has 26 heavy (non-hydrogen) atoms. The van der Waals surface area contributed by atoms with E-state index in [4.69, 9.17) is 4.74 Å². The molecule has 2 aliphatic rings. The van der Waals surface area contributed by atoms with Gasteiger partial charge in [0.1, 0.15) is 0 Å². The Morgan fingerprint density at radius 3 is 2.96 bits per heavy atom. The van der Waals surface area contributed by atoms with Crippen molar-refractivity contribution in [1.29, 1.82) is 0 Å². The number of aromatic nitrogens is 3. The Labute approximate surface area is 162 Å². The summed E-state index contributed by atoms with van der Waals surface area (Å²) in [4.78, 5) is 17.9. The van der Waals surface area contributed by atoms with Gasteiger partial charge in [-0.15, -0.1) is 0 Å². The highest BCUT2D eigenvalue weighted by atomic mass is 79.9. The Kier molecular flexibility index (Phi) is 4.82. The van der Waals surface area contributed by atoms with E-state index in [9.17, 15) is 4.79 Å². The minimum atomic E-state index is -0.115. The van der Waals surface area contributed by atoms with Gasteiger partial charge in [-0.1, -0.05) is 6.08 Å². The van der Waals surface area contributed by atoms with E-state index < -0.39 is 0 Å². The topological polar surface area (TPSA) is 49.0 Å². The van der Waals surface area contributed by atoms with Crippen LogP contribution in [0, 0.1) is 5.92 Å². The maximum atomic E-state index is 13.3. The van der Waals surface area contributed by atoms with Crippen LogP contribution in [0.2, 0.25) is 0 Å². The number of hydrogen-bond donors (Lipinski definition) is 0. The standard InChI is InChI=1S/C20H26BrN3O2/c1-20(2)11-14(8-9-26-20)13-23-17-10-15(21)12-22-18(17)24(19(23)25)16-6-4-3-5-7-16/h6,10,12,14H,3-5,7-9,11,13H2,1-2H3. The molecule has 0 spiro atoms. The fraction of sp³-hybridized carbons (Fsp3) is 0.600. The van der Waals surface area contributed by atoms with Gasteiger partial charge < -0.3 is 4.74 Å². The zero-order chi connectivity index (χ0) is 18.3. The summed E-state index contributed by atoms with van der Waals surface area (Å²) in [5, 5.41) is 0. The Balaban J connectivity index is 1.79. The summed E-state index contributed by atoms with van der Waals surface area (Å²) in [7, 11) is 0. The van der Waals surface area contributed by atoms with Crippen molar-refractivity contribution in [3.05, 3.63) is 33.3 Å². The summed E-state index contributed by atoms with van der Waals surface area (Å²) in [6, 6.07) is 2.02. The molecule has 5 nitrogen and oxygen atoms in total. The van der Waals surface area contributed by atoms with Crippen molar-refractivity contribution in [2.45, 2.75) is 64.5 Å². The molecule has 0 aromatic carbocycles. The lowest BCUT2D eigenvalue weighted by Gasteiger charge is -2.35. The first kappa shape index (κ1) is 18.0. The number of fused-ring (bicyclic) bond motifs is 1. The minimum absolute atomic E-state index is 0.0445. The van der Waals surface area contributed by atoms with Crippen molar-refractivity contribution in [2.24, 2.45) is 5.92 Å². The molecule has 1 saturated heterocycles. The van der Waals surface area contributed by atoms with Crippen LogP contribution in [0.1, 0.15) is 52.4 Å².